The van der Waals surface area contributed by atoms with Crippen molar-refractivity contribution in [3.63, 3.8) is 0 Å². The molecule has 12 N–H and O–H groups in total. The molecule has 0 aromatic rings. The van der Waals surface area contributed by atoms with E-state index in [0.717, 1.165) is 51.6 Å². The van der Waals surface area contributed by atoms with Gasteiger partial charge in [0.25, 0.3) is 0 Å². The van der Waals surface area contributed by atoms with Gasteiger partial charge in [-0.2, -0.15) is 39.5 Å². The van der Waals surface area contributed by atoms with Gasteiger partial charge in [0.15, 0.2) is 5.96 Å². The summed E-state index contributed by atoms with van der Waals surface area (Å²) >= 11 is 0. The van der Waals surface area contributed by atoms with Gasteiger partial charge in [-0.15, -0.1) is 0 Å². The standard InChI is InChI=1S/C18H39N7O3.3C2HF3O2/c1-14(19)9-12-22-10-6-7-13-28-18(27)25-16(24-15(2)26)8-4-3-5-11-23-17(20)21;3*3-2(4,5)1(6)7/h14,16,22H,3-13,19H2,1-2H3,(H,24,26)(H,25,27)(H4,20,21,23);3*(H,6,7)/t14-,16?;;;/m1.../s1. The summed E-state index contributed by atoms with van der Waals surface area (Å²) in [6.45, 7) is 6.07. The molecule has 0 rings (SSSR count). The minimum Gasteiger partial charge on any atom is -0.475 e. The van der Waals surface area contributed by atoms with E-state index in [1.807, 2.05) is 6.92 Å². The number of carbonyl (C=O) groups is 5. The second kappa shape index (κ2) is 27.6. The van der Waals surface area contributed by atoms with E-state index in [-0.39, 0.29) is 17.9 Å². The molecule has 0 radical (unpaired) electrons. The molecule has 0 spiro atoms. The van der Waals surface area contributed by atoms with E-state index in [2.05, 4.69) is 20.9 Å². The number of aliphatic carboxylic acids is 3. The molecule has 16 nitrogen and oxygen atoms in total. The Kier molecular flexibility index (Phi) is 29.1. The molecule has 0 fully saturated rings. The number of ether oxygens (including phenoxy) is 1. The molecule has 1 unspecified atom stereocenters. The molecule has 0 bridgehead atoms. The van der Waals surface area contributed by atoms with Gasteiger partial charge in [0.2, 0.25) is 5.91 Å². The molecular formula is C24H42F9N7O9. The summed E-state index contributed by atoms with van der Waals surface area (Å²) in [7, 11) is 0. The number of carboxylic acids is 3. The van der Waals surface area contributed by atoms with Crippen LogP contribution in [-0.4, -0.2) is 108 Å². The number of nitrogens with two attached hydrogens (primary N) is 3. The van der Waals surface area contributed by atoms with Crippen molar-refractivity contribution < 1.29 is 83.5 Å². The summed E-state index contributed by atoms with van der Waals surface area (Å²) in [5, 5.41) is 30.1. The van der Waals surface area contributed by atoms with Gasteiger partial charge >= 0.3 is 42.5 Å². The molecule has 0 heterocycles. The highest BCUT2D eigenvalue weighted by atomic mass is 19.4. The van der Waals surface area contributed by atoms with Gasteiger partial charge in [0.1, 0.15) is 6.17 Å². The fourth-order valence-corrected chi connectivity index (χ4v) is 2.43. The number of rotatable bonds is 16. The highest BCUT2D eigenvalue weighted by Gasteiger charge is 2.39. The van der Waals surface area contributed by atoms with E-state index in [4.69, 9.17) is 51.6 Å². The van der Waals surface area contributed by atoms with Crippen molar-refractivity contribution in [2.75, 3.05) is 26.2 Å². The van der Waals surface area contributed by atoms with E-state index < -0.39 is 48.7 Å². The predicted molar refractivity (Wildman–Crippen MR) is 153 cm³/mol. The SMILES string of the molecule is CC(=O)NC(CCCCCN=C(N)N)NC(=O)OCCCCNCC[C@@H](C)N.O=C(O)C(F)(F)F.O=C(O)C(F)(F)F.O=C(O)C(F)(F)F. The highest BCUT2D eigenvalue weighted by Crippen LogP contribution is 2.14. The zero-order valence-corrected chi connectivity index (χ0v) is 26.3. The lowest BCUT2D eigenvalue weighted by molar-refractivity contribution is -0.193. The number of carbonyl (C=O) groups excluding carboxylic acids is 2. The fourth-order valence-electron chi connectivity index (χ4n) is 2.43. The van der Waals surface area contributed by atoms with Crippen LogP contribution in [0.1, 0.15) is 58.8 Å². The number of nitrogens with one attached hydrogen (secondary N) is 3. The number of halogens is 9. The molecule has 0 saturated heterocycles. The zero-order valence-electron chi connectivity index (χ0n) is 26.3. The Balaban J connectivity index is -0.000000386. The van der Waals surface area contributed by atoms with E-state index in [1.165, 1.54) is 6.92 Å². The second-order valence-corrected chi connectivity index (χ2v) is 9.32. The molecule has 25 heteroatoms. The summed E-state index contributed by atoms with van der Waals surface area (Å²) in [6, 6.07) is 0.203. The Morgan fingerprint density at radius 1 is 0.714 bits per heavy atom. The van der Waals surface area contributed by atoms with Crippen LogP contribution in [-0.2, 0) is 23.9 Å². The Morgan fingerprint density at radius 2 is 1.16 bits per heavy atom. The molecule has 290 valence electrons. The normalized spacial score (nSPS) is 12.1. The first kappa shape index (κ1) is 51.5. The number of hydrogen-bond acceptors (Lipinski definition) is 9. The number of hydrogen-bond donors (Lipinski definition) is 9. The molecule has 2 atom stereocenters. The summed E-state index contributed by atoms with van der Waals surface area (Å²) in [5.41, 5.74) is 16.2. The second-order valence-electron chi connectivity index (χ2n) is 9.32. The first-order valence-electron chi connectivity index (χ1n) is 13.8. The molecule has 0 saturated carbocycles. The number of aliphatic imine (C=N–C) groups is 1. The molecule has 0 aliphatic heterocycles. The molecule has 2 amide bonds. The van der Waals surface area contributed by atoms with Crippen molar-refractivity contribution in [1.29, 1.82) is 0 Å². The Labute approximate surface area is 274 Å². The first-order valence-corrected chi connectivity index (χ1v) is 13.8. The summed E-state index contributed by atoms with van der Waals surface area (Å²) in [4.78, 5) is 53.8. The number of amides is 2. The number of unbranched alkanes of at least 4 members (excludes halogenated alkanes) is 3. The van der Waals surface area contributed by atoms with Crippen LogP contribution in [0.2, 0.25) is 0 Å². The van der Waals surface area contributed by atoms with E-state index in [1.54, 1.807) is 0 Å². The third-order valence-corrected chi connectivity index (χ3v) is 4.60. The average Bonchev–Trinajstić information content (AvgIpc) is 2.90. The number of alkyl halides is 9. The topological polar surface area (TPSA) is 282 Å². The largest absolute Gasteiger partial charge is 0.490 e. The smallest absolute Gasteiger partial charge is 0.475 e. The van der Waals surface area contributed by atoms with Crippen molar-refractivity contribution in [1.82, 2.24) is 16.0 Å². The van der Waals surface area contributed by atoms with Crippen molar-refractivity contribution in [3.05, 3.63) is 0 Å². The number of carboxylic acid groups (broad SMARTS) is 3. The molecule has 0 aliphatic rings. The molecular weight excluding hydrogens is 701 g/mol. The van der Waals surface area contributed by atoms with Gasteiger partial charge in [-0.1, -0.05) is 6.42 Å². The van der Waals surface area contributed by atoms with Crippen molar-refractivity contribution >= 4 is 35.9 Å². The average molecular weight is 744 g/mol. The lowest BCUT2D eigenvalue weighted by Crippen LogP contribution is -2.47. The van der Waals surface area contributed by atoms with E-state index in [0.29, 0.717) is 19.6 Å². The van der Waals surface area contributed by atoms with Gasteiger partial charge in [-0.3, -0.25) is 9.79 Å². The van der Waals surface area contributed by atoms with Gasteiger partial charge in [-0.05, 0) is 58.5 Å². The quantitative estimate of drug-likeness (QED) is 0.0360. The van der Waals surface area contributed by atoms with E-state index >= 15 is 0 Å². The lowest BCUT2D eigenvalue weighted by atomic mass is 10.1. The minimum absolute atomic E-state index is 0.0847. The van der Waals surface area contributed by atoms with Gasteiger partial charge in [0, 0.05) is 19.5 Å². The van der Waals surface area contributed by atoms with Crippen LogP contribution in [0, 0.1) is 0 Å². The van der Waals surface area contributed by atoms with Crippen LogP contribution in [0.3, 0.4) is 0 Å². The van der Waals surface area contributed by atoms with Crippen LogP contribution >= 0.6 is 0 Å². The van der Waals surface area contributed by atoms with Crippen LogP contribution in [0.4, 0.5) is 44.3 Å². The monoisotopic (exact) mass is 743 g/mol. The third kappa shape index (κ3) is 43.7. The van der Waals surface area contributed by atoms with Crippen LogP contribution in [0.25, 0.3) is 0 Å². The molecule has 49 heavy (non-hydrogen) atoms. The summed E-state index contributed by atoms with van der Waals surface area (Å²) < 4.78 is 100. The van der Waals surface area contributed by atoms with Crippen LogP contribution in [0.5, 0.6) is 0 Å². The van der Waals surface area contributed by atoms with Gasteiger partial charge < -0.3 is 53.2 Å². The van der Waals surface area contributed by atoms with Crippen molar-refractivity contribution in [2.24, 2.45) is 22.2 Å². The minimum atomic E-state index is -5.08. The first-order chi connectivity index (χ1) is 22.1. The number of guanidine groups is 1. The van der Waals surface area contributed by atoms with Crippen molar-refractivity contribution in [2.45, 2.75) is 89.5 Å². The predicted octanol–water partition coefficient (Wildman–Crippen LogP) is 2.02. The zero-order chi connectivity index (χ0) is 39.4. The fraction of sp³-hybridized carbons (Fsp3) is 0.750. The van der Waals surface area contributed by atoms with Crippen molar-refractivity contribution in [3.8, 4) is 0 Å². The van der Waals surface area contributed by atoms with Gasteiger partial charge in [0.05, 0.1) is 6.61 Å². The van der Waals surface area contributed by atoms with Gasteiger partial charge in [-0.25, -0.2) is 19.2 Å². The Bertz CT molecular complexity index is 936. The maximum atomic E-state index is 11.9. The summed E-state index contributed by atoms with van der Waals surface area (Å²) in [6.07, 6.45) is -10.4. The van der Waals surface area contributed by atoms with Crippen LogP contribution < -0.4 is 33.2 Å². The maximum Gasteiger partial charge on any atom is 0.490 e. The number of alkyl carbamates (subject to hydrolysis) is 1. The molecule has 0 aromatic heterocycles. The highest BCUT2D eigenvalue weighted by molar-refractivity contribution is 5.76. The van der Waals surface area contributed by atoms with E-state index in [9.17, 15) is 49.1 Å². The lowest BCUT2D eigenvalue weighted by Gasteiger charge is -2.19. The summed E-state index contributed by atoms with van der Waals surface area (Å²) in [5.74, 6) is -8.39. The number of nitrogens with zero attached hydrogens (tertiary/aromatic N) is 1. The third-order valence-electron chi connectivity index (χ3n) is 4.60. The molecule has 0 aromatic carbocycles. The Morgan fingerprint density at radius 3 is 1.53 bits per heavy atom. The van der Waals surface area contributed by atoms with Crippen LogP contribution in [0.15, 0.2) is 4.99 Å². The Hall–Kier alpha value is -4.29. The molecule has 0 aliphatic carbocycles. The maximum absolute atomic E-state index is 11.9.